The van der Waals surface area contributed by atoms with E-state index < -0.39 is 0 Å². The summed E-state index contributed by atoms with van der Waals surface area (Å²) in [5.41, 5.74) is 3.97. The smallest absolute Gasteiger partial charge is 0.257 e. The van der Waals surface area contributed by atoms with Gasteiger partial charge >= 0.3 is 0 Å². The van der Waals surface area contributed by atoms with Crippen LogP contribution in [0.25, 0.3) is 0 Å². The Balaban J connectivity index is 2.36. The van der Waals surface area contributed by atoms with Crippen LogP contribution in [0.5, 0.6) is 0 Å². The molecule has 0 bridgehead atoms. The summed E-state index contributed by atoms with van der Waals surface area (Å²) in [6.07, 6.45) is 2.44. The standard InChI is InChI=1S/C17H20N2OS/c1-5-10-21-17-18-13(3)15(16(20)19(17)4)11-14-8-6-12(2)7-9-14/h5-9H,1,10-11H2,2-4H3. The molecular formula is C17H20N2OS. The largest absolute Gasteiger partial charge is 0.291 e. The molecule has 2 aromatic rings. The minimum Gasteiger partial charge on any atom is -0.291 e. The molecular weight excluding hydrogens is 280 g/mol. The van der Waals surface area contributed by atoms with Gasteiger partial charge < -0.3 is 0 Å². The van der Waals surface area contributed by atoms with Gasteiger partial charge in [-0.05, 0) is 19.4 Å². The van der Waals surface area contributed by atoms with Crippen molar-refractivity contribution in [1.82, 2.24) is 9.55 Å². The quantitative estimate of drug-likeness (QED) is 0.483. The van der Waals surface area contributed by atoms with E-state index in [9.17, 15) is 4.79 Å². The summed E-state index contributed by atoms with van der Waals surface area (Å²) in [6.45, 7) is 7.66. The Hall–Kier alpha value is -1.81. The maximum Gasteiger partial charge on any atom is 0.257 e. The number of aryl methyl sites for hydroxylation is 2. The zero-order valence-electron chi connectivity index (χ0n) is 12.7. The van der Waals surface area contributed by atoms with Crippen molar-refractivity contribution in [2.75, 3.05) is 5.75 Å². The topological polar surface area (TPSA) is 34.9 Å². The highest BCUT2D eigenvalue weighted by Gasteiger charge is 2.12. The second kappa shape index (κ2) is 6.76. The number of hydrogen-bond acceptors (Lipinski definition) is 3. The van der Waals surface area contributed by atoms with Gasteiger partial charge in [0.2, 0.25) is 0 Å². The molecule has 0 fully saturated rings. The van der Waals surface area contributed by atoms with Crippen molar-refractivity contribution in [2.45, 2.75) is 25.4 Å². The zero-order valence-corrected chi connectivity index (χ0v) is 13.5. The Kier molecular flexibility index (Phi) is 5.02. The van der Waals surface area contributed by atoms with E-state index in [1.807, 2.05) is 13.0 Å². The molecule has 4 heteroatoms. The molecule has 3 nitrogen and oxygen atoms in total. The Labute approximate surface area is 129 Å². The predicted molar refractivity (Wildman–Crippen MR) is 89.1 cm³/mol. The number of aromatic nitrogens is 2. The lowest BCUT2D eigenvalue weighted by molar-refractivity contribution is 0.684. The maximum absolute atomic E-state index is 12.5. The second-order valence-electron chi connectivity index (χ2n) is 5.08. The predicted octanol–water partition coefficient (Wildman–Crippen LogP) is 3.27. The van der Waals surface area contributed by atoms with E-state index in [1.54, 1.807) is 11.6 Å². The molecule has 1 heterocycles. The van der Waals surface area contributed by atoms with Crippen LogP contribution in [0.4, 0.5) is 0 Å². The molecule has 0 N–H and O–H groups in total. The van der Waals surface area contributed by atoms with Crippen molar-refractivity contribution in [3.8, 4) is 0 Å². The molecule has 2 rings (SSSR count). The van der Waals surface area contributed by atoms with Crippen LogP contribution in [0.3, 0.4) is 0 Å². The molecule has 0 saturated heterocycles. The first-order chi connectivity index (χ1) is 10.0. The number of hydrogen-bond donors (Lipinski definition) is 0. The number of benzene rings is 1. The van der Waals surface area contributed by atoms with E-state index >= 15 is 0 Å². The van der Waals surface area contributed by atoms with Gasteiger partial charge in [0.05, 0.1) is 0 Å². The van der Waals surface area contributed by atoms with Crippen molar-refractivity contribution >= 4 is 11.8 Å². The zero-order chi connectivity index (χ0) is 15.4. The van der Waals surface area contributed by atoms with Crippen LogP contribution >= 0.6 is 11.8 Å². The van der Waals surface area contributed by atoms with Gasteiger partial charge in [0.1, 0.15) is 0 Å². The average molecular weight is 300 g/mol. The Morgan fingerprint density at radius 1 is 1.29 bits per heavy atom. The Bertz CT molecular complexity index is 702. The lowest BCUT2D eigenvalue weighted by Gasteiger charge is -2.11. The van der Waals surface area contributed by atoms with Crippen molar-refractivity contribution < 1.29 is 0 Å². The molecule has 0 unspecified atom stereocenters. The molecule has 0 aliphatic rings. The molecule has 0 spiro atoms. The highest BCUT2D eigenvalue weighted by molar-refractivity contribution is 7.99. The first kappa shape index (κ1) is 15.6. The van der Waals surface area contributed by atoms with Gasteiger partial charge in [-0.3, -0.25) is 9.36 Å². The molecule has 1 aromatic heterocycles. The lowest BCUT2D eigenvalue weighted by atomic mass is 10.0. The summed E-state index contributed by atoms with van der Waals surface area (Å²) in [5, 5.41) is 0.741. The summed E-state index contributed by atoms with van der Waals surface area (Å²) in [4.78, 5) is 17.1. The van der Waals surface area contributed by atoms with Crippen LogP contribution in [0.1, 0.15) is 22.4 Å². The molecule has 0 aliphatic carbocycles. The van der Waals surface area contributed by atoms with Gasteiger partial charge in [0.25, 0.3) is 5.56 Å². The van der Waals surface area contributed by atoms with Gasteiger partial charge in [-0.15, -0.1) is 6.58 Å². The maximum atomic E-state index is 12.5. The third kappa shape index (κ3) is 3.64. The number of thioether (sulfide) groups is 1. The van der Waals surface area contributed by atoms with Gasteiger partial charge in [0.15, 0.2) is 5.16 Å². The van der Waals surface area contributed by atoms with Crippen molar-refractivity contribution in [1.29, 1.82) is 0 Å². The fraction of sp³-hybridized carbons (Fsp3) is 0.294. The third-order valence-electron chi connectivity index (χ3n) is 3.38. The van der Waals surface area contributed by atoms with Crippen LogP contribution in [-0.4, -0.2) is 15.3 Å². The Morgan fingerprint density at radius 3 is 2.57 bits per heavy atom. The van der Waals surface area contributed by atoms with Crippen molar-refractivity contribution in [2.24, 2.45) is 7.05 Å². The Morgan fingerprint density at radius 2 is 1.95 bits per heavy atom. The van der Waals surface area contributed by atoms with Gasteiger partial charge in [0, 0.05) is 30.5 Å². The van der Waals surface area contributed by atoms with E-state index in [0.717, 1.165) is 27.7 Å². The van der Waals surface area contributed by atoms with Crippen molar-refractivity contribution in [3.63, 3.8) is 0 Å². The summed E-state index contributed by atoms with van der Waals surface area (Å²) in [7, 11) is 1.78. The normalized spacial score (nSPS) is 10.6. The average Bonchev–Trinajstić information content (AvgIpc) is 2.48. The molecule has 21 heavy (non-hydrogen) atoms. The molecule has 0 amide bonds. The van der Waals surface area contributed by atoms with E-state index in [1.165, 1.54) is 17.3 Å². The van der Waals surface area contributed by atoms with Crippen LogP contribution in [0, 0.1) is 13.8 Å². The molecule has 0 saturated carbocycles. The van der Waals surface area contributed by atoms with Crippen LogP contribution in [0.2, 0.25) is 0 Å². The minimum atomic E-state index is 0.0367. The highest BCUT2D eigenvalue weighted by atomic mass is 32.2. The summed E-state index contributed by atoms with van der Waals surface area (Å²) in [5.74, 6) is 0.747. The third-order valence-corrected chi connectivity index (χ3v) is 4.41. The van der Waals surface area contributed by atoms with Gasteiger partial charge in [-0.2, -0.15) is 0 Å². The SMILES string of the molecule is C=CCSc1nc(C)c(Cc2ccc(C)cc2)c(=O)n1C. The van der Waals surface area contributed by atoms with E-state index in [2.05, 4.69) is 42.8 Å². The highest BCUT2D eigenvalue weighted by Crippen LogP contribution is 2.16. The van der Waals surface area contributed by atoms with Crippen LogP contribution < -0.4 is 5.56 Å². The summed E-state index contributed by atoms with van der Waals surface area (Å²) in [6, 6.07) is 8.26. The van der Waals surface area contributed by atoms with E-state index in [4.69, 9.17) is 0 Å². The van der Waals surface area contributed by atoms with Crippen LogP contribution in [-0.2, 0) is 13.5 Å². The molecule has 0 radical (unpaired) electrons. The van der Waals surface area contributed by atoms with Gasteiger partial charge in [-0.25, -0.2) is 4.98 Å². The number of rotatable bonds is 5. The fourth-order valence-corrected chi connectivity index (χ4v) is 2.85. The van der Waals surface area contributed by atoms with E-state index in [0.29, 0.717) is 6.42 Å². The first-order valence-corrected chi connectivity index (χ1v) is 7.87. The molecule has 1 aromatic carbocycles. The van der Waals surface area contributed by atoms with Crippen molar-refractivity contribution in [3.05, 3.63) is 69.7 Å². The van der Waals surface area contributed by atoms with E-state index in [-0.39, 0.29) is 5.56 Å². The molecule has 0 atom stereocenters. The molecule has 0 aliphatic heterocycles. The first-order valence-electron chi connectivity index (χ1n) is 6.88. The lowest BCUT2D eigenvalue weighted by Crippen LogP contribution is -2.25. The van der Waals surface area contributed by atoms with Gasteiger partial charge in [-0.1, -0.05) is 47.7 Å². The monoisotopic (exact) mass is 300 g/mol. The molecule has 110 valence electrons. The number of nitrogens with zero attached hydrogens (tertiary/aromatic N) is 2. The fourth-order valence-electron chi connectivity index (χ4n) is 2.11. The summed E-state index contributed by atoms with van der Waals surface area (Å²) >= 11 is 1.53. The minimum absolute atomic E-state index is 0.0367. The van der Waals surface area contributed by atoms with Crippen LogP contribution in [0.15, 0.2) is 46.9 Å². The summed E-state index contributed by atoms with van der Waals surface area (Å²) < 4.78 is 1.63. The second-order valence-corrected chi connectivity index (χ2v) is 6.07.